The van der Waals surface area contributed by atoms with Gasteiger partial charge < -0.3 is 23.8 Å². The summed E-state index contributed by atoms with van der Waals surface area (Å²) in [5.41, 5.74) is -0.277. The third kappa shape index (κ3) is 5.08. The Kier molecular flexibility index (Phi) is 6.64. The summed E-state index contributed by atoms with van der Waals surface area (Å²) in [6.07, 6.45) is -0.360. The highest BCUT2D eigenvalue weighted by Gasteiger charge is 2.51. The van der Waals surface area contributed by atoms with Gasteiger partial charge in [0.1, 0.15) is 5.60 Å². The third-order valence-corrected chi connectivity index (χ3v) is 6.60. The van der Waals surface area contributed by atoms with Gasteiger partial charge in [-0.1, -0.05) is 17.7 Å². The van der Waals surface area contributed by atoms with Crippen molar-refractivity contribution in [2.75, 3.05) is 19.6 Å². The second-order valence-electron chi connectivity index (χ2n) is 10.6. The molecule has 32 heavy (non-hydrogen) atoms. The Hall–Kier alpha value is -1.77. The van der Waals surface area contributed by atoms with Crippen molar-refractivity contribution in [3.63, 3.8) is 0 Å². The highest BCUT2D eigenvalue weighted by Crippen LogP contribution is 2.36. The standard InChI is InChI=1S/C23H34BClN2O5/c1-15-14-26(20(29)30-21(2,3)4)11-12-27(15)19(28)17-10-9-16(13-18(17)25)24-31-22(5,6)23(7,8)32-24/h9-10,13,15H,11-12,14H2,1-8H3. The molecule has 0 radical (unpaired) electrons. The molecule has 1 aromatic carbocycles. The summed E-state index contributed by atoms with van der Waals surface area (Å²) in [5.74, 6) is -0.160. The number of rotatable bonds is 2. The molecule has 1 aromatic rings. The van der Waals surface area contributed by atoms with Crippen LogP contribution in [0.3, 0.4) is 0 Å². The molecule has 0 N–H and O–H groups in total. The van der Waals surface area contributed by atoms with Gasteiger partial charge in [-0.15, -0.1) is 0 Å². The predicted octanol–water partition coefficient (Wildman–Crippen LogP) is 3.72. The molecule has 176 valence electrons. The second-order valence-corrected chi connectivity index (χ2v) is 11.0. The van der Waals surface area contributed by atoms with Crippen LogP contribution in [0.1, 0.15) is 65.7 Å². The van der Waals surface area contributed by atoms with Gasteiger partial charge in [0.15, 0.2) is 0 Å². The number of carbonyl (C=O) groups excluding carboxylic acids is 2. The Morgan fingerprint density at radius 2 is 1.72 bits per heavy atom. The van der Waals surface area contributed by atoms with E-state index < -0.39 is 23.9 Å². The maximum atomic E-state index is 13.2. The Labute approximate surface area is 196 Å². The highest BCUT2D eigenvalue weighted by atomic mass is 35.5. The number of amides is 2. The molecular weight excluding hydrogens is 431 g/mol. The summed E-state index contributed by atoms with van der Waals surface area (Å²) in [5, 5.41) is 0.351. The van der Waals surface area contributed by atoms with Crippen LogP contribution >= 0.6 is 11.6 Å². The molecule has 2 saturated heterocycles. The lowest BCUT2D eigenvalue weighted by Crippen LogP contribution is -2.56. The number of ether oxygens (including phenoxy) is 1. The van der Waals surface area contributed by atoms with Crippen molar-refractivity contribution in [2.24, 2.45) is 0 Å². The molecule has 0 aromatic heterocycles. The van der Waals surface area contributed by atoms with Crippen LogP contribution in [-0.2, 0) is 14.0 Å². The molecule has 2 aliphatic heterocycles. The number of piperazine rings is 1. The lowest BCUT2D eigenvalue weighted by atomic mass is 9.79. The highest BCUT2D eigenvalue weighted by molar-refractivity contribution is 6.62. The SMILES string of the molecule is CC1CN(C(=O)OC(C)(C)C)CCN1C(=O)c1ccc(B2OC(C)(C)C(C)(C)O2)cc1Cl. The van der Waals surface area contributed by atoms with Gasteiger partial charge in [0, 0.05) is 25.7 Å². The Morgan fingerprint density at radius 1 is 1.12 bits per heavy atom. The summed E-state index contributed by atoms with van der Waals surface area (Å²) in [6, 6.07) is 5.11. The fourth-order valence-electron chi connectivity index (χ4n) is 3.74. The van der Waals surface area contributed by atoms with Gasteiger partial charge in [-0.05, 0) is 73.0 Å². The molecule has 0 spiro atoms. The number of hydrogen-bond donors (Lipinski definition) is 0. The van der Waals surface area contributed by atoms with Gasteiger partial charge in [-0.3, -0.25) is 4.79 Å². The van der Waals surface area contributed by atoms with Crippen molar-refractivity contribution in [3.8, 4) is 0 Å². The van der Waals surface area contributed by atoms with Crippen LogP contribution in [0.15, 0.2) is 18.2 Å². The Morgan fingerprint density at radius 3 is 2.22 bits per heavy atom. The van der Waals surface area contributed by atoms with E-state index in [4.69, 9.17) is 25.6 Å². The van der Waals surface area contributed by atoms with Crippen LogP contribution in [0.25, 0.3) is 0 Å². The molecule has 0 saturated carbocycles. The van der Waals surface area contributed by atoms with Crippen LogP contribution in [0.4, 0.5) is 4.79 Å². The summed E-state index contributed by atoms with van der Waals surface area (Å²) >= 11 is 6.52. The lowest BCUT2D eigenvalue weighted by Gasteiger charge is -2.40. The average molecular weight is 465 g/mol. The van der Waals surface area contributed by atoms with E-state index in [9.17, 15) is 9.59 Å². The van der Waals surface area contributed by atoms with E-state index in [2.05, 4.69) is 0 Å². The molecule has 2 aliphatic rings. The number of benzene rings is 1. The first kappa shape index (κ1) is 24.9. The minimum Gasteiger partial charge on any atom is -0.444 e. The molecule has 1 atom stereocenters. The average Bonchev–Trinajstić information content (AvgIpc) is 2.87. The van der Waals surface area contributed by atoms with Gasteiger partial charge in [-0.2, -0.15) is 0 Å². The van der Waals surface area contributed by atoms with Gasteiger partial charge in [0.25, 0.3) is 5.91 Å². The number of hydrogen-bond acceptors (Lipinski definition) is 5. The largest absolute Gasteiger partial charge is 0.494 e. The summed E-state index contributed by atoms with van der Waals surface area (Å²) < 4.78 is 17.6. The van der Waals surface area contributed by atoms with Crippen molar-refractivity contribution in [1.82, 2.24) is 9.80 Å². The molecule has 0 aliphatic carbocycles. The van der Waals surface area contributed by atoms with Crippen molar-refractivity contribution in [1.29, 1.82) is 0 Å². The van der Waals surface area contributed by atoms with Crippen molar-refractivity contribution in [3.05, 3.63) is 28.8 Å². The molecule has 7 nitrogen and oxygen atoms in total. The molecule has 2 fully saturated rings. The monoisotopic (exact) mass is 464 g/mol. The first-order chi connectivity index (χ1) is 14.6. The van der Waals surface area contributed by atoms with E-state index in [0.717, 1.165) is 5.46 Å². The number of halogens is 1. The summed E-state index contributed by atoms with van der Waals surface area (Å²) in [4.78, 5) is 29.0. The molecule has 3 rings (SSSR count). The lowest BCUT2D eigenvalue weighted by molar-refractivity contribution is 0.00578. The number of carbonyl (C=O) groups is 2. The Bertz CT molecular complexity index is 883. The van der Waals surface area contributed by atoms with E-state index in [0.29, 0.717) is 30.2 Å². The minimum absolute atomic E-state index is 0.160. The van der Waals surface area contributed by atoms with E-state index in [1.165, 1.54) is 0 Å². The van der Waals surface area contributed by atoms with Crippen LogP contribution in [0.5, 0.6) is 0 Å². The fraction of sp³-hybridized carbons (Fsp3) is 0.652. The van der Waals surface area contributed by atoms with Crippen LogP contribution in [-0.4, -0.2) is 71.4 Å². The zero-order valence-electron chi connectivity index (χ0n) is 20.3. The molecule has 1 unspecified atom stereocenters. The van der Waals surface area contributed by atoms with Crippen molar-refractivity contribution < 1.29 is 23.6 Å². The van der Waals surface area contributed by atoms with Gasteiger partial charge in [0.2, 0.25) is 0 Å². The zero-order chi connectivity index (χ0) is 24.1. The topological polar surface area (TPSA) is 68.3 Å². The first-order valence-corrected chi connectivity index (χ1v) is 11.4. The fourth-order valence-corrected chi connectivity index (χ4v) is 4.01. The third-order valence-electron chi connectivity index (χ3n) is 6.29. The van der Waals surface area contributed by atoms with E-state index in [1.54, 1.807) is 21.9 Å². The van der Waals surface area contributed by atoms with Crippen molar-refractivity contribution in [2.45, 2.75) is 78.2 Å². The first-order valence-electron chi connectivity index (χ1n) is 11.1. The van der Waals surface area contributed by atoms with Crippen LogP contribution in [0.2, 0.25) is 5.02 Å². The van der Waals surface area contributed by atoms with E-state index in [-0.39, 0.29) is 18.0 Å². The maximum Gasteiger partial charge on any atom is 0.494 e. The number of nitrogens with zero attached hydrogens (tertiary/aromatic N) is 2. The van der Waals surface area contributed by atoms with Crippen molar-refractivity contribution >= 4 is 36.2 Å². The van der Waals surface area contributed by atoms with Crippen LogP contribution < -0.4 is 5.46 Å². The molecule has 9 heteroatoms. The molecule has 2 heterocycles. The molecular formula is C23H34BClN2O5. The second kappa shape index (κ2) is 8.54. The quantitative estimate of drug-likeness (QED) is 0.624. The Balaban J connectivity index is 1.69. The summed E-state index contributed by atoms with van der Waals surface area (Å²) in [7, 11) is -0.544. The van der Waals surface area contributed by atoms with E-state index >= 15 is 0 Å². The smallest absolute Gasteiger partial charge is 0.444 e. The predicted molar refractivity (Wildman–Crippen MR) is 125 cm³/mol. The van der Waals surface area contributed by atoms with Gasteiger partial charge in [-0.25, -0.2) is 4.79 Å². The van der Waals surface area contributed by atoms with E-state index in [1.807, 2.05) is 61.5 Å². The minimum atomic E-state index is -0.556. The molecule has 2 amide bonds. The normalized spacial score (nSPS) is 22.8. The zero-order valence-corrected chi connectivity index (χ0v) is 21.1. The molecule has 0 bridgehead atoms. The van der Waals surface area contributed by atoms with Gasteiger partial charge >= 0.3 is 13.2 Å². The summed E-state index contributed by atoms with van der Waals surface area (Å²) in [6.45, 7) is 16.6. The maximum absolute atomic E-state index is 13.2. The van der Waals surface area contributed by atoms with Gasteiger partial charge in [0.05, 0.1) is 21.8 Å². The van der Waals surface area contributed by atoms with Crippen LogP contribution in [0, 0.1) is 0 Å².